The summed E-state index contributed by atoms with van der Waals surface area (Å²) in [6, 6.07) is 0. The molecule has 2 N–H and O–H groups in total. The van der Waals surface area contributed by atoms with E-state index in [4.69, 9.17) is 19.9 Å². The van der Waals surface area contributed by atoms with Crippen LogP contribution in [0.2, 0.25) is 0 Å². The Balaban J connectivity index is 1.97. The van der Waals surface area contributed by atoms with E-state index in [-0.39, 0.29) is 24.3 Å². The molecule has 1 saturated carbocycles. The van der Waals surface area contributed by atoms with E-state index >= 15 is 0 Å². The summed E-state index contributed by atoms with van der Waals surface area (Å²) in [5.74, 6) is -0.673. The number of rotatable bonds is 5. The molecule has 0 radical (unpaired) electrons. The molecule has 21 heavy (non-hydrogen) atoms. The van der Waals surface area contributed by atoms with Crippen molar-refractivity contribution in [2.24, 2.45) is 5.73 Å². The van der Waals surface area contributed by atoms with E-state index in [9.17, 15) is 4.79 Å². The van der Waals surface area contributed by atoms with Gasteiger partial charge in [0.05, 0.1) is 24.7 Å². The van der Waals surface area contributed by atoms with Gasteiger partial charge in [0.1, 0.15) is 0 Å². The van der Waals surface area contributed by atoms with Crippen molar-refractivity contribution in [2.45, 2.75) is 89.3 Å². The first-order valence-electron chi connectivity index (χ1n) is 8.28. The Morgan fingerprint density at radius 1 is 1.24 bits per heavy atom. The minimum absolute atomic E-state index is 0.0826. The molecule has 0 aromatic heterocycles. The fourth-order valence-electron chi connectivity index (χ4n) is 3.34. The van der Waals surface area contributed by atoms with Crippen LogP contribution >= 0.6 is 0 Å². The second-order valence-corrected chi connectivity index (χ2v) is 6.51. The summed E-state index contributed by atoms with van der Waals surface area (Å²) in [5.41, 5.74) is 5.68. The zero-order chi connectivity index (χ0) is 15.3. The second kappa shape index (κ2) is 7.56. The molecule has 122 valence electrons. The lowest BCUT2D eigenvalue weighted by Gasteiger charge is -2.46. The minimum atomic E-state index is -0.487. The lowest BCUT2D eigenvalue weighted by atomic mass is 9.91. The molecule has 5 nitrogen and oxygen atoms in total. The Labute approximate surface area is 127 Å². The molecule has 2 aliphatic rings. The summed E-state index contributed by atoms with van der Waals surface area (Å²) in [6.07, 6.45) is 7.08. The summed E-state index contributed by atoms with van der Waals surface area (Å²) in [7, 11) is 0. The van der Waals surface area contributed by atoms with E-state index in [1.807, 2.05) is 13.8 Å². The van der Waals surface area contributed by atoms with Gasteiger partial charge in [-0.15, -0.1) is 0 Å². The van der Waals surface area contributed by atoms with Gasteiger partial charge in [0.2, 0.25) is 0 Å². The first-order chi connectivity index (χ1) is 10.0. The number of nitrogens with two attached hydrogens (primary N) is 1. The van der Waals surface area contributed by atoms with Crippen LogP contribution in [0.15, 0.2) is 0 Å². The van der Waals surface area contributed by atoms with Gasteiger partial charge in [-0.1, -0.05) is 6.42 Å². The monoisotopic (exact) mass is 299 g/mol. The van der Waals surface area contributed by atoms with Gasteiger partial charge >= 0.3 is 5.97 Å². The van der Waals surface area contributed by atoms with Gasteiger partial charge in [-0.25, -0.2) is 0 Å². The molecule has 5 heteroatoms. The van der Waals surface area contributed by atoms with E-state index in [1.165, 1.54) is 6.42 Å². The van der Waals surface area contributed by atoms with Crippen LogP contribution < -0.4 is 5.73 Å². The molecule has 1 aliphatic heterocycles. The van der Waals surface area contributed by atoms with Gasteiger partial charge in [0.25, 0.3) is 0 Å². The van der Waals surface area contributed by atoms with E-state index < -0.39 is 5.79 Å². The second-order valence-electron chi connectivity index (χ2n) is 6.51. The van der Waals surface area contributed by atoms with Crippen molar-refractivity contribution in [3.05, 3.63) is 0 Å². The Hall–Kier alpha value is -0.650. The number of carbonyl (C=O) groups is 1. The molecular formula is C16H29NO4. The smallest absolute Gasteiger partial charge is 0.308 e. The van der Waals surface area contributed by atoms with Crippen molar-refractivity contribution in [2.75, 3.05) is 6.54 Å². The summed E-state index contributed by atoms with van der Waals surface area (Å²) >= 11 is 0. The van der Waals surface area contributed by atoms with Gasteiger partial charge in [-0.05, 0) is 39.7 Å². The lowest BCUT2D eigenvalue weighted by molar-refractivity contribution is -0.329. The lowest BCUT2D eigenvalue weighted by Crippen LogP contribution is -2.50. The van der Waals surface area contributed by atoms with Crippen molar-refractivity contribution >= 4 is 5.97 Å². The first kappa shape index (κ1) is 16.7. The maximum absolute atomic E-state index is 11.9. The molecule has 0 unspecified atom stereocenters. The van der Waals surface area contributed by atoms with Crippen LogP contribution in [0.1, 0.15) is 65.2 Å². The van der Waals surface area contributed by atoms with Crippen molar-refractivity contribution in [1.82, 2.24) is 0 Å². The largest absolute Gasteiger partial charge is 0.463 e. The van der Waals surface area contributed by atoms with Gasteiger partial charge < -0.3 is 19.9 Å². The highest BCUT2D eigenvalue weighted by Crippen LogP contribution is 2.40. The number of carbonyl (C=O) groups excluding carboxylic acids is 1. The minimum Gasteiger partial charge on any atom is -0.463 e. The van der Waals surface area contributed by atoms with E-state index in [1.54, 1.807) is 0 Å². The van der Waals surface area contributed by atoms with Crippen molar-refractivity contribution in [3.63, 3.8) is 0 Å². The SMILES string of the molecule is CC(C)OC(=O)C[C@H]1C[C@@H](CCN)OC2(CCCCC2)O1. The molecule has 0 amide bonds. The number of ether oxygens (including phenoxy) is 3. The summed E-state index contributed by atoms with van der Waals surface area (Å²) < 4.78 is 17.6. The molecule has 2 fully saturated rings. The van der Waals surface area contributed by atoms with Gasteiger partial charge in [0, 0.05) is 19.3 Å². The van der Waals surface area contributed by atoms with Crippen LogP contribution in [0.5, 0.6) is 0 Å². The molecule has 0 bridgehead atoms. The zero-order valence-corrected chi connectivity index (χ0v) is 13.3. The van der Waals surface area contributed by atoms with E-state index in [2.05, 4.69) is 0 Å². The summed E-state index contributed by atoms with van der Waals surface area (Å²) in [6.45, 7) is 4.33. The van der Waals surface area contributed by atoms with Crippen molar-refractivity contribution < 1.29 is 19.0 Å². The molecule has 0 aromatic rings. The Morgan fingerprint density at radius 3 is 2.52 bits per heavy atom. The molecule has 1 saturated heterocycles. The number of esters is 1. The van der Waals surface area contributed by atoms with Gasteiger partial charge in [0.15, 0.2) is 5.79 Å². The Kier molecular flexibility index (Phi) is 6.02. The highest BCUT2D eigenvalue weighted by Gasteiger charge is 2.43. The average Bonchev–Trinajstić information content (AvgIpc) is 2.38. The fourth-order valence-corrected chi connectivity index (χ4v) is 3.34. The van der Waals surface area contributed by atoms with Crippen LogP contribution in [-0.4, -0.2) is 36.6 Å². The average molecular weight is 299 g/mol. The highest BCUT2D eigenvalue weighted by atomic mass is 16.7. The topological polar surface area (TPSA) is 70.8 Å². The quantitative estimate of drug-likeness (QED) is 0.790. The van der Waals surface area contributed by atoms with Crippen LogP contribution in [0.25, 0.3) is 0 Å². The molecule has 1 spiro atoms. The maximum atomic E-state index is 11.9. The zero-order valence-electron chi connectivity index (χ0n) is 13.3. The van der Waals surface area contributed by atoms with Gasteiger partial charge in [-0.2, -0.15) is 0 Å². The first-order valence-corrected chi connectivity index (χ1v) is 8.28. The van der Waals surface area contributed by atoms with E-state index in [0.717, 1.165) is 38.5 Å². The van der Waals surface area contributed by atoms with Gasteiger partial charge in [-0.3, -0.25) is 4.79 Å². The Bertz CT molecular complexity index is 339. The van der Waals surface area contributed by atoms with Crippen LogP contribution in [0.4, 0.5) is 0 Å². The third-order valence-electron chi connectivity index (χ3n) is 4.15. The highest BCUT2D eigenvalue weighted by molar-refractivity contribution is 5.70. The summed E-state index contributed by atoms with van der Waals surface area (Å²) in [5, 5.41) is 0. The molecule has 1 aliphatic carbocycles. The molecule has 1 heterocycles. The molecule has 0 aromatic carbocycles. The predicted octanol–water partition coefficient (Wildman–Crippen LogP) is 2.51. The third-order valence-corrected chi connectivity index (χ3v) is 4.15. The summed E-state index contributed by atoms with van der Waals surface area (Å²) in [4.78, 5) is 11.9. The third kappa shape index (κ3) is 4.94. The normalized spacial score (nSPS) is 28.8. The number of hydrogen-bond donors (Lipinski definition) is 1. The fraction of sp³-hybridized carbons (Fsp3) is 0.938. The Morgan fingerprint density at radius 2 is 1.90 bits per heavy atom. The van der Waals surface area contributed by atoms with Crippen molar-refractivity contribution in [1.29, 1.82) is 0 Å². The number of hydrogen-bond acceptors (Lipinski definition) is 5. The molecular weight excluding hydrogens is 270 g/mol. The van der Waals surface area contributed by atoms with Crippen molar-refractivity contribution in [3.8, 4) is 0 Å². The maximum Gasteiger partial charge on any atom is 0.308 e. The predicted molar refractivity (Wildman–Crippen MR) is 79.7 cm³/mol. The standard InChI is InChI=1S/C16H29NO4/c1-12(2)19-15(18)11-14-10-13(6-9-17)20-16(21-14)7-4-3-5-8-16/h12-14H,3-11,17H2,1-2H3/t13-,14-/m1/s1. The van der Waals surface area contributed by atoms with Crippen LogP contribution in [0.3, 0.4) is 0 Å². The van der Waals surface area contributed by atoms with Crippen LogP contribution in [0, 0.1) is 0 Å². The van der Waals surface area contributed by atoms with Crippen LogP contribution in [-0.2, 0) is 19.0 Å². The molecule has 2 rings (SSSR count). The van der Waals surface area contributed by atoms with E-state index in [0.29, 0.717) is 13.0 Å². The molecule has 2 atom stereocenters.